The van der Waals surface area contributed by atoms with Gasteiger partial charge in [-0.25, -0.2) is 0 Å². The van der Waals surface area contributed by atoms with Gasteiger partial charge in [-0.3, -0.25) is 0 Å². The number of piperidine rings is 1. The molecule has 2 rings (SSSR count). The van der Waals surface area contributed by atoms with Crippen LogP contribution in [0.3, 0.4) is 0 Å². The highest BCUT2D eigenvalue weighted by Crippen LogP contribution is 2.32. The van der Waals surface area contributed by atoms with E-state index < -0.39 is 10.2 Å². The highest BCUT2D eigenvalue weighted by molar-refractivity contribution is 7.86. The molecule has 0 aliphatic carbocycles. The molecule has 1 unspecified atom stereocenters. The van der Waals surface area contributed by atoms with Crippen molar-refractivity contribution >= 4 is 10.2 Å². The highest BCUT2D eigenvalue weighted by atomic mass is 32.2. The third-order valence-corrected chi connectivity index (χ3v) is 6.22. The van der Waals surface area contributed by atoms with E-state index in [-0.39, 0.29) is 5.41 Å². The van der Waals surface area contributed by atoms with E-state index in [9.17, 15) is 8.42 Å². The van der Waals surface area contributed by atoms with Crippen LogP contribution in [-0.2, 0) is 10.2 Å². The van der Waals surface area contributed by atoms with Crippen LogP contribution in [0.25, 0.3) is 0 Å². The molecule has 0 spiro atoms. The van der Waals surface area contributed by atoms with Crippen molar-refractivity contribution in [3.8, 4) is 0 Å². The maximum absolute atomic E-state index is 12.7. The van der Waals surface area contributed by atoms with Crippen molar-refractivity contribution in [3.05, 3.63) is 0 Å². The van der Waals surface area contributed by atoms with Crippen LogP contribution < -0.4 is 5.32 Å². The van der Waals surface area contributed by atoms with E-state index in [4.69, 9.17) is 0 Å². The normalized spacial score (nSPS) is 29.7. The molecule has 2 aliphatic rings. The summed E-state index contributed by atoms with van der Waals surface area (Å²) in [7, 11) is -1.32. The third-order valence-electron chi connectivity index (χ3n) is 4.27. The van der Waals surface area contributed by atoms with Crippen molar-refractivity contribution in [2.24, 2.45) is 11.3 Å². The van der Waals surface area contributed by atoms with Gasteiger partial charge in [-0.15, -0.1) is 0 Å². The van der Waals surface area contributed by atoms with Gasteiger partial charge in [0, 0.05) is 26.2 Å². The van der Waals surface area contributed by atoms with Crippen LogP contribution in [0.2, 0.25) is 0 Å². The molecule has 6 heteroatoms. The molecule has 112 valence electrons. The Labute approximate surface area is 117 Å². The molecule has 2 aliphatic heterocycles. The van der Waals surface area contributed by atoms with Gasteiger partial charge in [-0.2, -0.15) is 17.0 Å². The second-order valence-electron chi connectivity index (χ2n) is 6.68. The molecule has 5 nitrogen and oxygen atoms in total. The van der Waals surface area contributed by atoms with E-state index >= 15 is 0 Å². The Morgan fingerprint density at radius 3 is 2.58 bits per heavy atom. The Kier molecular flexibility index (Phi) is 4.55. The lowest BCUT2D eigenvalue weighted by molar-refractivity contribution is 0.246. The molecule has 0 aromatic rings. The summed E-state index contributed by atoms with van der Waals surface area (Å²) in [6.45, 7) is 7.85. The van der Waals surface area contributed by atoms with Gasteiger partial charge in [-0.05, 0) is 44.2 Å². The average Bonchev–Trinajstić information content (AvgIpc) is 2.71. The molecule has 0 radical (unpaired) electrons. The van der Waals surface area contributed by atoms with Gasteiger partial charge in [0.15, 0.2) is 0 Å². The zero-order chi connectivity index (χ0) is 14.1. The van der Waals surface area contributed by atoms with Crippen LogP contribution in [0.15, 0.2) is 0 Å². The first-order chi connectivity index (χ1) is 8.85. The number of nitrogens with zero attached hydrogens (tertiary/aromatic N) is 2. The minimum Gasteiger partial charge on any atom is -0.319 e. The molecule has 0 aromatic heterocycles. The second-order valence-corrected chi connectivity index (χ2v) is 8.61. The smallest absolute Gasteiger partial charge is 0.282 e. The third kappa shape index (κ3) is 3.48. The van der Waals surface area contributed by atoms with Gasteiger partial charge in [0.2, 0.25) is 0 Å². The molecule has 0 aromatic carbocycles. The monoisotopic (exact) mass is 289 g/mol. The Hall–Kier alpha value is -0.170. The van der Waals surface area contributed by atoms with Crippen molar-refractivity contribution in [1.29, 1.82) is 0 Å². The molecule has 1 N–H and O–H groups in total. The summed E-state index contributed by atoms with van der Waals surface area (Å²) in [5, 5.41) is 3.16. The zero-order valence-corrected chi connectivity index (χ0v) is 13.2. The maximum atomic E-state index is 12.7. The van der Waals surface area contributed by atoms with Crippen molar-refractivity contribution in [1.82, 2.24) is 13.9 Å². The molecule has 2 fully saturated rings. The molecule has 2 heterocycles. The first-order valence-corrected chi connectivity index (χ1v) is 8.65. The summed E-state index contributed by atoms with van der Waals surface area (Å²) in [6, 6.07) is 0. The number of rotatable bonds is 4. The van der Waals surface area contributed by atoms with E-state index in [1.807, 2.05) is 7.05 Å². The lowest BCUT2D eigenvalue weighted by Gasteiger charge is -2.34. The average molecular weight is 289 g/mol. The minimum absolute atomic E-state index is 0.118. The summed E-state index contributed by atoms with van der Waals surface area (Å²) in [4.78, 5) is 0. The minimum atomic E-state index is -3.25. The van der Waals surface area contributed by atoms with E-state index in [1.165, 1.54) is 0 Å². The van der Waals surface area contributed by atoms with Gasteiger partial charge in [-0.1, -0.05) is 13.8 Å². The lowest BCUT2D eigenvalue weighted by atomic mass is 9.93. The van der Waals surface area contributed by atoms with Crippen molar-refractivity contribution in [2.45, 2.75) is 33.1 Å². The fourth-order valence-corrected chi connectivity index (χ4v) is 5.04. The Bertz CT molecular complexity index is 406. The van der Waals surface area contributed by atoms with E-state index in [0.29, 0.717) is 32.1 Å². The summed E-state index contributed by atoms with van der Waals surface area (Å²) in [5.41, 5.74) is 0.118. The first-order valence-electron chi connectivity index (χ1n) is 7.25. The molecule has 2 saturated heterocycles. The van der Waals surface area contributed by atoms with Gasteiger partial charge in [0.25, 0.3) is 10.2 Å². The quantitative estimate of drug-likeness (QED) is 0.836. The van der Waals surface area contributed by atoms with Crippen LogP contribution in [-0.4, -0.2) is 56.8 Å². The second kappa shape index (κ2) is 5.68. The van der Waals surface area contributed by atoms with Crippen molar-refractivity contribution in [2.75, 3.05) is 39.8 Å². The molecule has 0 bridgehead atoms. The topological polar surface area (TPSA) is 52.7 Å². The van der Waals surface area contributed by atoms with E-state index in [1.54, 1.807) is 8.61 Å². The largest absolute Gasteiger partial charge is 0.319 e. The Morgan fingerprint density at radius 1 is 1.26 bits per heavy atom. The van der Waals surface area contributed by atoms with Crippen LogP contribution in [0.4, 0.5) is 0 Å². The fraction of sp³-hybridized carbons (Fsp3) is 1.00. The molecular weight excluding hydrogens is 262 g/mol. The van der Waals surface area contributed by atoms with Crippen molar-refractivity contribution in [3.63, 3.8) is 0 Å². The number of hydrogen-bond donors (Lipinski definition) is 1. The summed E-state index contributed by atoms with van der Waals surface area (Å²) < 4.78 is 28.7. The molecular formula is C13H27N3O2S. The Morgan fingerprint density at radius 2 is 2.00 bits per heavy atom. The molecule has 19 heavy (non-hydrogen) atoms. The van der Waals surface area contributed by atoms with Gasteiger partial charge in [0.05, 0.1) is 0 Å². The summed E-state index contributed by atoms with van der Waals surface area (Å²) in [5.74, 6) is 0.448. The number of hydrogen-bond acceptors (Lipinski definition) is 3. The lowest BCUT2D eigenvalue weighted by Crippen LogP contribution is -2.48. The SMILES string of the molecule is CNCC1CCCN(S(=O)(=O)N2CCC(C)(C)C2)C1. The fourth-order valence-electron chi connectivity index (χ4n) is 3.11. The van der Waals surface area contributed by atoms with Crippen LogP contribution in [0, 0.1) is 11.3 Å². The van der Waals surface area contributed by atoms with Gasteiger partial charge < -0.3 is 5.32 Å². The van der Waals surface area contributed by atoms with Crippen LogP contribution >= 0.6 is 0 Å². The van der Waals surface area contributed by atoms with Crippen molar-refractivity contribution < 1.29 is 8.42 Å². The molecule has 1 atom stereocenters. The molecule has 0 amide bonds. The van der Waals surface area contributed by atoms with Crippen LogP contribution in [0.5, 0.6) is 0 Å². The maximum Gasteiger partial charge on any atom is 0.282 e. The standard InChI is InChI=1S/C13H27N3O2S/c1-13(2)6-8-16(11-13)19(17,18)15-7-4-5-12(10-15)9-14-3/h12,14H,4-11H2,1-3H3. The molecule has 0 saturated carbocycles. The predicted octanol–water partition coefficient (Wildman–Crippen LogP) is 0.895. The zero-order valence-electron chi connectivity index (χ0n) is 12.4. The van der Waals surface area contributed by atoms with E-state index in [0.717, 1.165) is 25.8 Å². The summed E-state index contributed by atoms with van der Waals surface area (Å²) >= 11 is 0. The predicted molar refractivity (Wildman–Crippen MR) is 77.1 cm³/mol. The Balaban J connectivity index is 2.03. The first kappa shape index (κ1) is 15.2. The highest BCUT2D eigenvalue weighted by Gasteiger charge is 2.40. The van der Waals surface area contributed by atoms with E-state index in [2.05, 4.69) is 19.2 Å². The summed E-state index contributed by atoms with van der Waals surface area (Å²) in [6.07, 6.45) is 3.06. The number of nitrogens with one attached hydrogen (secondary N) is 1. The van der Waals surface area contributed by atoms with Crippen LogP contribution in [0.1, 0.15) is 33.1 Å². The van der Waals surface area contributed by atoms with Gasteiger partial charge >= 0.3 is 0 Å². The van der Waals surface area contributed by atoms with Gasteiger partial charge in [0.1, 0.15) is 0 Å².